The van der Waals surface area contributed by atoms with Gasteiger partial charge in [0, 0.05) is 18.0 Å². The van der Waals surface area contributed by atoms with Crippen LogP contribution in [0.5, 0.6) is 0 Å². The molecule has 1 aromatic carbocycles. The molecule has 2 aromatic rings. The van der Waals surface area contributed by atoms with Gasteiger partial charge in [0.05, 0.1) is 18.0 Å². The highest BCUT2D eigenvalue weighted by Gasteiger charge is 2.30. The predicted octanol–water partition coefficient (Wildman–Crippen LogP) is 2.54. The van der Waals surface area contributed by atoms with E-state index in [1.54, 1.807) is 6.07 Å². The summed E-state index contributed by atoms with van der Waals surface area (Å²) in [5.41, 5.74) is 12.9. The van der Waals surface area contributed by atoms with Crippen molar-refractivity contribution < 1.29 is 18.7 Å². The predicted molar refractivity (Wildman–Crippen MR) is 101 cm³/mol. The van der Waals surface area contributed by atoms with E-state index in [1.807, 2.05) is 6.92 Å². The molecule has 0 spiro atoms. The highest BCUT2D eigenvalue weighted by molar-refractivity contribution is 5.96. The third-order valence-electron chi connectivity index (χ3n) is 4.46. The summed E-state index contributed by atoms with van der Waals surface area (Å²) in [5.74, 6) is -0.540. The van der Waals surface area contributed by atoms with Gasteiger partial charge in [0.2, 0.25) is 0 Å². The number of nitrogens with one attached hydrogen (secondary N) is 1. The first-order valence-electron chi connectivity index (χ1n) is 9.07. The standard InChI is InChI=1S/C19H22FN5O3/c1-2-14-15(10-3-4-10)25-18(16(24-14)17(21)26)23-12-5-6-13(20)11(9-12)7-8-28-19(22)27/h5-6,9-10H,2-4,7-8H2,1H3,(H2,21,26)(H2,22,27)(H,23,25). The zero-order chi connectivity index (χ0) is 20.3. The van der Waals surface area contributed by atoms with Gasteiger partial charge in [-0.15, -0.1) is 0 Å². The van der Waals surface area contributed by atoms with E-state index in [2.05, 4.69) is 20.0 Å². The molecule has 0 aliphatic heterocycles. The van der Waals surface area contributed by atoms with Crippen LogP contribution in [0.25, 0.3) is 0 Å². The fraction of sp³-hybridized carbons (Fsp3) is 0.368. The number of primary amides is 2. The molecule has 0 radical (unpaired) electrons. The Hall–Kier alpha value is -3.23. The van der Waals surface area contributed by atoms with E-state index >= 15 is 0 Å². The number of benzene rings is 1. The van der Waals surface area contributed by atoms with Crippen LogP contribution in [0, 0.1) is 5.82 Å². The highest BCUT2D eigenvalue weighted by atomic mass is 19.1. The number of hydrogen-bond acceptors (Lipinski definition) is 6. The smallest absolute Gasteiger partial charge is 0.404 e. The van der Waals surface area contributed by atoms with E-state index in [4.69, 9.17) is 11.5 Å². The van der Waals surface area contributed by atoms with Gasteiger partial charge >= 0.3 is 6.09 Å². The van der Waals surface area contributed by atoms with Crippen molar-refractivity contribution in [2.24, 2.45) is 11.5 Å². The molecular formula is C19H22FN5O3. The van der Waals surface area contributed by atoms with Gasteiger partial charge in [-0.2, -0.15) is 0 Å². The summed E-state index contributed by atoms with van der Waals surface area (Å²) in [6.45, 7) is 1.91. The average molecular weight is 387 g/mol. The molecule has 148 valence electrons. The van der Waals surface area contributed by atoms with Gasteiger partial charge in [-0.25, -0.2) is 19.2 Å². The molecular weight excluding hydrogens is 365 g/mol. The number of aromatic nitrogens is 2. The number of carbonyl (C=O) groups is 2. The molecule has 0 atom stereocenters. The first kappa shape index (κ1) is 19.5. The summed E-state index contributed by atoms with van der Waals surface area (Å²) in [7, 11) is 0. The minimum absolute atomic E-state index is 0.0426. The van der Waals surface area contributed by atoms with Crippen LogP contribution in [-0.4, -0.2) is 28.6 Å². The summed E-state index contributed by atoms with van der Waals surface area (Å²) >= 11 is 0. The monoisotopic (exact) mass is 387 g/mol. The van der Waals surface area contributed by atoms with E-state index in [0.717, 1.165) is 24.2 Å². The van der Waals surface area contributed by atoms with Crippen molar-refractivity contribution in [3.63, 3.8) is 0 Å². The van der Waals surface area contributed by atoms with Crippen molar-refractivity contribution in [3.05, 3.63) is 46.7 Å². The quantitative estimate of drug-likeness (QED) is 0.637. The molecule has 1 aliphatic carbocycles. The van der Waals surface area contributed by atoms with E-state index in [0.29, 0.717) is 23.6 Å². The van der Waals surface area contributed by atoms with Gasteiger partial charge in [-0.05, 0) is 43.0 Å². The van der Waals surface area contributed by atoms with Crippen LogP contribution in [0.2, 0.25) is 0 Å². The van der Waals surface area contributed by atoms with Crippen LogP contribution in [0.3, 0.4) is 0 Å². The maximum Gasteiger partial charge on any atom is 0.404 e. The van der Waals surface area contributed by atoms with Crippen molar-refractivity contribution in [3.8, 4) is 0 Å². The Balaban J connectivity index is 1.89. The molecule has 9 heteroatoms. The summed E-state index contributed by atoms with van der Waals surface area (Å²) < 4.78 is 18.7. The number of aryl methyl sites for hydroxylation is 1. The van der Waals surface area contributed by atoms with Gasteiger partial charge < -0.3 is 21.5 Å². The van der Waals surface area contributed by atoms with Crippen molar-refractivity contribution in [1.82, 2.24) is 9.97 Å². The third-order valence-corrected chi connectivity index (χ3v) is 4.46. The zero-order valence-electron chi connectivity index (χ0n) is 15.5. The summed E-state index contributed by atoms with van der Waals surface area (Å²) in [6.07, 6.45) is 1.97. The number of rotatable bonds is 8. The van der Waals surface area contributed by atoms with Crippen LogP contribution in [-0.2, 0) is 17.6 Å². The minimum atomic E-state index is -0.917. The van der Waals surface area contributed by atoms with Crippen LogP contribution >= 0.6 is 0 Å². The van der Waals surface area contributed by atoms with Crippen LogP contribution in [0.4, 0.5) is 20.7 Å². The molecule has 2 amide bonds. The number of hydrogen-bond donors (Lipinski definition) is 3. The minimum Gasteiger partial charge on any atom is -0.449 e. The SMILES string of the molecule is CCc1nc(C(N)=O)c(Nc2ccc(F)c(CCOC(N)=O)c2)nc1C1CC1. The Morgan fingerprint density at radius 1 is 1.29 bits per heavy atom. The summed E-state index contributed by atoms with van der Waals surface area (Å²) in [6, 6.07) is 4.35. The average Bonchev–Trinajstić information content (AvgIpc) is 3.48. The largest absolute Gasteiger partial charge is 0.449 e. The number of anilines is 2. The Morgan fingerprint density at radius 3 is 2.64 bits per heavy atom. The molecule has 8 nitrogen and oxygen atoms in total. The maximum absolute atomic E-state index is 14.0. The van der Waals surface area contributed by atoms with Crippen molar-refractivity contribution in [2.75, 3.05) is 11.9 Å². The van der Waals surface area contributed by atoms with Crippen LogP contribution in [0.1, 0.15) is 53.1 Å². The lowest BCUT2D eigenvalue weighted by molar-refractivity contribution is 0.0995. The number of carbonyl (C=O) groups excluding carboxylic acids is 2. The number of amides is 2. The molecule has 5 N–H and O–H groups in total. The van der Waals surface area contributed by atoms with E-state index < -0.39 is 17.8 Å². The number of halogens is 1. The van der Waals surface area contributed by atoms with Gasteiger partial charge in [-0.3, -0.25) is 4.79 Å². The Morgan fingerprint density at radius 2 is 2.04 bits per heavy atom. The maximum atomic E-state index is 14.0. The number of nitrogens with zero attached hydrogens (tertiary/aromatic N) is 2. The summed E-state index contributed by atoms with van der Waals surface area (Å²) in [4.78, 5) is 31.5. The lowest BCUT2D eigenvalue weighted by Crippen LogP contribution is -2.19. The number of nitrogens with two attached hydrogens (primary N) is 2. The second kappa shape index (κ2) is 8.20. The topological polar surface area (TPSA) is 133 Å². The highest BCUT2D eigenvalue weighted by Crippen LogP contribution is 2.41. The first-order chi connectivity index (χ1) is 13.4. The second-order valence-corrected chi connectivity index (χ2v) is 6.59. The van der Waals surface area contributed by atoms with Gasteiger partial charge in [0.1, 0.15) is 5.82 Å². The Bertz CT molecular complexity index is 915. The summed E-state index contributed by atoms with van der Waals surface area (Å²) in [5, 5.41) is 3.02. The fourth-order valence-corrected chi connectivity index (χ4v) is 2.93. The number of ether oxygens (including phenoxy) is 1. The molecule has 1 aliphatic rings. The van der Waals surface area contributed by atoms with Gasteiger partial charge in [0.15, 0.2) is 11.5 Å². The zero-order valence-corrected chi connectivity index (χ0v) is 15.5. The molecule has 1 heterocycles. The molecule has 28 heavy (non-hydrogen) atoms. The van der Waals surface area contributed by atoms with E-state index in [-0.39, 0.29) is 24.5 Å². The molecule has 1 aromatic heterocycles. The van der Waals surface area contributed by atoms with Crippen molar-refractivity contribution in [2.45, 2.75) is 38.5 Å². The van der Waals surface area contributed by atoms with Gasteiger partial charge in [0.25, 0.3) is 5.91 Å². The molecule has 0 unspecified atom stereocenters. The molecule has 1 saturated carbocycles. The van der Waals surface area contributed by atoms with Gasteiger partial charge in [-0.1, -0.05) is 6.92 Å². The lowest BCUT2D eigenvalue weighted by atomic mass is 10.1. The molecule has 3 rings (SSSR count). The molecule has 1 fully saturated rings. The van der Waals surface area contributed by atoms with E-state index in [1.165, 1.54) is 12.1 Å². The first-order valence-corrected chi connectivity index (χ1v) is 9.07. The normalized spacial score (nSPS) is 13.2. The van der Waals surface area contributed by atoms with Crippen molar-refractivity contribution in [1.29, 1.82) is 0 Å². The third kappa shape index (κ3) is 4.54. The second-order valence-electron chi connectivity index (χ2n) is 6.59. The lowest BCUT2D eigenvalue weighted by Gasteiger charge is -2.14. The van der Waals surface area contributed by atoms with E-state index in [9.17, 15) is 14.0 Å². The molecule has 0 bridgehead atoms. The Labute approximate surface area is 161 Å². The van der Waals surface area contributed by atoms with Crippen molar-refractivity contribution >= 4 is 23.5 Å². The fourth-order valence-electron chi connectivity index (χ4n) is 2.93. The van der Waals surface area contributed by atoms with Crippen LogP contribution < -0.4 is 16.8 Å². The Kier molecular flexibility index (Phi) is 5.72. The van der Waals surface area contributed by atoms with Crippen LogP contribution in [0.15, 0.2) is 18.2 Å². The molecule has 0 saturated heterocycles.